The fraction of sp³-hybridized carbons (Fsp3) is 0.571. The molecule has 0 spiro atoms. The number of thiazole rings is 1. The Morgan fingerprint density at radius 2 is 1.87 bits per heavy atom. The molecule has 3 N–H and O–H groups in total. The zero-order valence-corrected chi connectivity index (χ0v) is 30.6. The zero-order valence-electron chi connectivity index (χ0n) is 29.0. The predicted octanol–water partition coefficient (Wildman–Crippen LogP) is 5.58. The Kier molecular flexibility index (Phi) is 10.5. The first-order chi connectivity index (χ1) is 24.5. The minimum Gasteiger partial charge on any atom is -0.446 e. The van der Waals surface area contributed by atoms with E-state index in [0.717, 1.165) is 23.4 Å². The maximum atomic E-state index is 14.0. The first kappa shape index (κ1) is 37.8. The Bertz CT molecular complexity index is 1880. The van der Waals surface area contributed by atoms with Crippen LogP contribution < -0.4 is 15.4 Å². The highest BCUT2D eigenvalue weighted by Gasteiger charge is 2.62. The molecule has 1 aromatic heterocycles. The quantitative estimate of drug-likeness (QED) is 0.308. The summed E-state index contributed by atoms with van der Waals surface area (Å²) < 4.78 is 74.3. The van der Waals surface area contributed by atoms with Crippen LogP contribution in [0.1, 0.15) is 81.6 Å². The van der Waals surface area contributed by atoms with Gasteiger partial charge in [0.1, 0.15) is 16.7 Å². The van der Waals surface area contributed by atoms with Crippen LogP contribution in [0.25, 0.3) is 10.6 Å². The van der Waals surface area contributed by atoms with Gasteiger partial charge in [0, 0.05) is 36.1 Å². The summed E-state index contributed by atoms with van der Waals surface area (Å²) in [5, 5.41) is 4.96. The second kappa shape index (κ2) is 14.4. The lowest BCUT2D eigenvalue weighted by molar-refractivity contribution is -0.140. The van der Waals surface area contributed by atoms with Gasteiger partial charge in [-0.3, -0.25) is 24.4 Å². The molecule has 2 aromatic rings. The number of aromatic nitrogens is 1. The molecule has 5 atom stereocenters. The molecule has 3 fully saturated rings. The van der Waals surface area contributed by atoms with E-state index in [-0.39, 0.29) is 42.3 Å². The number of sulfonamides is 1. The lowest BCUT2D eigenvalue weighted by Gasteiger charge is -2.26. The van der Waals surface area contributed by atoms with Crippen LogP contribution in [0.2, 0.25) is 0 Å². The fourth-order valence-electron chi connectivity index (χ4n) is 6.87. The molecule has 5 unspecified atom stereocenters. The molecule has 1 aromatic carbocycles. The number of allylic oxidation sites excluding steroid dienone is 1. The van der Waals surface area contributed by atoms with Crippen LogP contribution >= 0.6 is 11.3 Å². The third-order valence-corrected chi connectivity index (χ3v) is 13.3. The first-order valence-electron chi connectivity index (χ1n) is 17.4. The van der Waals surface area contributed by atoms with Crippen LogP contribution in [0.4, 0.5) is 23.7 Å². The van der Waals surface area contributed by atoms with Gasteiger partial charge >= 0.3 is 12.3 Å². The number of nitrogens with one attached hydrogen (secondary N) is 3. The van der Waals surface area contributed by atoms with E-state index in [1.807, 2.05) is 26.0 Å². The number of rotatable bonds is 7. The van der Waals surface area contributed by atoms with Crippen LogP contribution in [0.15, 0.2) is 36.5 Å². The Balaban J connectivity index is 1.22. The van der Waals surface area contributed by atoms with Crippen molar-refractivity contribution in [1.82, 2.24) is 19.9 Å². The number of hydrogen-bond donors (Lipinski definition) is 3. The number of carbonyl (C=O) groups is 4. The maximum Gasteiger partial charge on any atom is 0.416 e. The molecule has 3 aliphatic carbocycles. The second-order valence-corrected chi connectivity index (χ2v) is 17.5. The van der Waals surface area contributed by atoms with E-state index in [1.165, 1.54) is 22.3 Å². The minimum atomic E-state index is -4.69. The van der Waals surface area contributed by atoms with Crippen LogP contribution in [0.3, 0.4) is 0 Å². The van der Waals surface area contributed by atoms with Crippen molar-refractivity contribution in [2.45, 2.75) is 94.2 Å². The number of ether oxygens (including phenoxy) is 1. The number of amides is 4. The number of anilines is 1. The van der Waals surface area contributed by atoms with Crippen LogP contribution in [0, 0.1) is 17.8 Å². The molecule has 2 heterocycles. The van der Waals surface area contributed by atoms with E-state index < -0.39 is 74.3 Å². The topological polar surface area (TPSA) is 164 Å². The highest BCUT2D eigenvalue weighted by Crippen LogP contribution is 2.47. The average Bonchev–Trinajstić information content (AvgIpc) is 3.94. The molecule has 1 aliphatic heterocycles. The van der Waals surface area contributed by atoms with Gasteiger partial charge in [0.25, 0.3) is 5.91 Å². The molecule has 282 valence electrons. The second-order valence-electron chi connectivity index (χ2n) is 14.4. The number of benzene rings is 1. The number of halogens is 3. The molecule has 0 saturated heterocycles. The van der Waals surface area contributed by atoms with Crippen molar-refractivity contribution in [3.05, 3.63) is 47.0 Å². The van der Waals surface area contributed by atoms with Crippen LogP contribution in [-0.4, -0.2) is 72.6 Å². The van der Waals surface area contributed by atoms with Crippen molar-refractivity contribution in [3.63, 3.8) is 0 Å². The average molecular weight is 766 g/mol. The third-order valence-electron chi connectivity index (χ3n) is 10.2. The van der Waals surface area contributed by atoms with Gasteiger partial charge in [-0.15, -0.1) is 11.3 Å². The largest absolute Gasteiger partial charge is 0.446 e. The summed E-state index contributed by atoms with van der Waals surface area (Å²) in [4.78, 5) is 61.3. The Hall–Kier alpha value is -3.99. The molecule has 12 nitrogen and oxygen atoms in total. The summed E-state index contributed by atoms with van der Waals surface area (Å²) in [6.07, 6.45) is 1.57. The molecule has 0 bridgehead atoms. The number of fused-ring (bicyclic) bond motifs is 2. The van der Waals surface area contributed by atoms with Gasteiger partial charge in [-0.25, -0.2) is 18.2 Å². The molecule has 52 heavy (non-hydrogen) atoms. The van der Waals surface area contributed by atoms with Gasteiger partial charge in [-0.2, -0.15) is 13.2 Å². The zero-order chi connectivity index (χ0) is 37.6. The van der Waals surface area contributed by atoms with E-state index in [1.54, 1.807) is 13.2 Å². The SMILES string of the molecule is CC(C)c1cnc(-c2ccc(C(F)(F)F)cc2NC(=O)OC2CC3C(=O)NC4(C(=O)NS(=O)(=O)C5CC5)CC4C=CCCCCN(C)C(=O)C3C2)s1. The minimum absolute atomic E-state index is 0.0487. The molecule has 6 rings (SSSR count). The number of alkyl halides is 3. The van der Waals surface area contributed by atoms with Gasteiger partial charge in [0.15, 0.2) is 0 Å². The summed E-state index contributed by atoms with van der Waals surface area (Å²) in [6.45, 7) is 4.33. The van der Waals surface area contributed by atoms with E-state index in [9.17, 15) is 40.8 Å². The molecular weight excluding hydrogens is 724 g/mol. The van der Waals surface area contributed by atoms with Crippen molar-refractivity contribution in [2.75, 3.05) is 18.9 Å². The fourth-order valence-corrected chi connectivity index (χ4v) is 9.19. The van der Waals surface area contributed by atoms with Gasteiger partial charge in [-0.05, 0) is 75.5 Å². The monoisotopic (exact) mass is 765 g/mol. The molecule has 17 heteroatoms. The lowest BCUT2D eigenvalue weighted by atomic mass is 9.93. The smallest absolute Gasteiger partial charge is 0.416 e. The Labute approximate surface area is 304 Å². The number of carbonyl (C=O) groups excluding carboxylic acids is 4. The van der Waals surface area contributed by atoms with Crippen molar-refractivity contribution >= 4 is 50.9 Å². The normalized spacial score (nSPS) is 26.9. The van der Waals surface area contributed by atoms with Gasteiger partial charge in [-0.1, -0.05) is 26.0 Å². The standard InChI is InChI=1S/C35H42F3N5O7S2/c1-19(2)28-18-39-30(51-28)24-12-9-20(35(36,37)38)14-27(24)40-33(47)50-22-15-25-26(16-22)31(45)43(3)13-7-5-4-6-8-21-17-34(21,41-29(25)44)32(46)42-52(48,49)23-10-11-23/h6,8-9,12,14,18-19,21-23,25-26H,4-5,7,10-11,13,15-17H2,1-3H3,(H,40,47)(H,41,44)(H,42,46). The summed E-state index contributed by atoms with van der Waals surface area (Å²) in [5.74, 6) is -4.17. The molecular formula is C35H42F3N5O7S2. The lowest BCUT2D eigenvalue weighted by Crippen LogP contribution is -2.54. The van der Waals surface area contributed by atoms with E-state index in [4.69, 9.17) is 4.74 Å². The Morgan fingerprint density at radius 3 is 2.54 bits per heavy atom. The highest BCUT2D eigenvalue weighted by atomic mass is 32.2. The summed E-state index contributed by atoms with van der Waals surface area (Å²) in [7, 11) is -2.29. The van der Waals surface area contributed by atoms with Crippen molar-refractivity contribution in [3.8, 4) is 10.6 Å². The predicted molar refractivity (Wildman–Crippen MR) is 186 cm³/mol. The number of nitrogens with zero attached hydrogens (tertiary/aromatic N) is 2. The van der Waals surface area contributed by atoms with Crippen LogP contribution in [0.5, 0.6) is 0 Å². The van der Waals surface area contributed by atoms with Gasteiger partial charge in [0.2, 0.25) is 21.8 Å². The molecule has 3 saturated carbocycles. The van der Waals surface area contributed by atoms with Crippen molar-refractivity contribution in [1.29, 1.82) is 0 Å². The van der Waals surface area contributed by atoms with E-state index in [0.29, 0.717) is 37.2 Å². The van der Waals surface area contributed by atoms with E-state index in [2.05, 4.69) is 20.3 Å². The highest BCUT2D eigenvalue weighted by molar-refractivity contribution is 7.91. The number of hydrogen-bond acceptors (Lipinski definition) is 9. The molecule has 4 amide bonds. The maximum absolute atomic E-state index is 14.0. The summed E-state index contributed by atoms with van der Waals surface area (Å²) >= 11 is 1.28. The molecule has 4 aliphatic rings. The van der Waals surface area contributed by atoms with Crippen molar-refractivity contribution in [2.24, 2.45) is 17.8 Å². The summed E-state index contributed by atoms with van der Waals surface area (Å²) in [5.41, 5.74) is -2.42. The van der Waals surface area contributed by atoms with Gasteiger partial charge < -0.3 is 15.0 Å². The van der Waals surface area contributed by atoms with Crippen LogP contribution in [-0.2, 0) is 35.3 Å². The molecule has 0 radical (unpaired) electrons. The summed E-state index contributed by atoms with van der Waals surface area (Å²) in [6, 6.07) is 2.95. The Morgan fingerprint density at radius 1 is 1.13 bits per heavy atom. The van der Waals surface area contributed by atoms with Gasteiger partial charge in [0.05, 0.1) is 28.3 Å². The van der Waals surface area contributed by atoms with E-state index >= 15 is 0 Å². The van der Waals surface area contributed by atoms with Crippen molar-refractivity contribution < 1.29 is 45.5 Å². The first-order valence-corrected chi connectivity index (χ1v) is 19.8. The third kappa shape index (κ3) is 8.14.